The number of nitrogens with one attached hydrogen (secondary N) is 1. The second-order valence-electron chi connectivity index (χ2n) is 4.75. The number of methoxy groups -OCH3 is 1. The zero-order chi connectivity index (χ0) is 11.3. The van der Waals surface area contributed by atoms with Crippen LogP contribution in [0.25, 0.3) is 0 Å². The van der Waals surface area contributed by atoms with Crippen LogP contribution in [0.5, 0.6) is 0 Å². The van der Waals surface area contributed by atoms with E-state index < -0.39 is 0 Å². The van der Waals surface area contributed by atoms with Gasteiger partial charge in [0.15, 0.2) is 0 Å². The average Bonchev–Trinajstić information content (AvgIpc) is 2.28. The maximum Gasteiger partial charge on any atom is 0.319 e. The van der Waals surface area contributed by atoms with E-state index in [4.69, 9.17) is 5.73 Å². The first-order valence-corrected chi connectivity index (χ1v) is 5.60. The molecule has 0 amide bonds. The Morgan fingerprint density at radius 1 is 1.53 bits per heavy atom. The van der Waals surface area contributed by atoms with Crippen molar-refractivity contribution in [3.8, 4) is 0 Å². The SMILES string of the molecule is COC(=O)CNC1CCC(C)(CN)CC1. The molecule has 15 heavy (non-hydrogen) atoms. The number of esters is 1. The van der Waals surface area contributed by atoms with Gasteiger partial charge < -0.3 is 15.8 Å². The van der Waals surface area contributed by atoms with Gasteiger partial charge in [-0.05, 0) is 37.6 Å². The highest BCUT2D eigenvalue weighted by atomic mass is 16.5. The molecule has 1 aliphatic carbocycles. The van der Waals surface area contributed by atoms with Crippen molar-refractivity contribution in [2.75, 3.05) is 20.2 Å². The smallest absolute Gasteiger partial charge is 0.319 e. The molecule has 0 atom stereocenters. The van der Waals surface area contributed by atoms with Crippen LogP contribution in [-0.4, -0.2) is 32.2 Å². The Balaban J connectivity index is 2.23. The minimum Gasteiger partial charge on any atom is -0.468 e. The van der Waals surface area contributed by atoms with Gasteiger partial charge in [-0.15, -0.1) is 0 Å². The summed E-state index contributed by atoms with van der Waals surface area (Å²) in [6.45, 7) is 3.32. The molecular weight excluding hydrogens is 192 g/mol. The van der Waals surface area contributed by atoms with Crippen LogP contribution in [0.2, 0.25) is 0 Å². The van der Waals surface area contributed by atoms with Crippen molar-refractivity contribution < 1.29 is 9.53 Å². The largest absolute Gasteiger partial charge is 0.468 e. The van der Waals surface area contributed by atoms with E-state index in [9.17, 15) is 4.79 Å². The van der Waals surface area contributed by atoms with E-state index >= 15 is 0 Å². The Labute approximate surface area is 91.5 Å². The van der Waals surface area contributed by atoms with Gasteiger partial charge in [0.2, 0.25) is 0 Å². The van der Waals surface area contributed by atoms with Crippen molar-refractivity contribution in [3.05, 3.63) is 0 Å². The number of carbonyl (C=O) groups excluding carboxylic acids is 1. The molecule has 0 heterocycles. The highest BCUT2D eigenvalue weighted by Crippen LogP contribution is 2.34. The molecule has 0 aromatic rings. The summed E-state index contributed by atoms with van der Waals surface area (Å²) in [5.74, 6) is -0.192. The molecule has 3 N–H and O–H groups in total. The molecule has 4 nitrogen and oxygen atoms in total. The van der Waals surface area contributed by atoms with Crippen LogP contribution < -0.4 is 11.1 Å². The van der Waals surface area contributed by atoms with Gasteiger partial charge in [-0.25, -0.2) is 0 Å². The summed E-state index contributed by atoms with van der Waals surface area (Å²) in [7, 11) is 1.41. The van der Waals surface area contributed by atoms with Crippen LogP contribution in [-0.2, 0) is 9.53 Å². The molecule has 0 aliphatic heterocycles. The van der Waals surface area contributed by atoms with Crippen molar-refractivity contribution >= 4 is 5.97 Å². The minimum atomic E-state index is -0.192. The number of hydrogen-bond acceptors (Lipinski definition) is 4. The fourth-order valence-electron chi connectivity index (χ4n) is 2.02. The third-order valence-corrected chi connectivity index (χ3v) is 3.45. The van der Waals surface area contributed by atoms with E-state index in [1.807, 2.05) is 0 Å². The highest BCUT2D eigenvalue weighted by Gasteiger charge is 2.29. The lowest BCUT2D eigenvalue weighted by molar-refractivity contribution is -0.139. The highest BCUT2D eigenvalue weighted by molar-refractivity contribution is 5.71. The van der Waals surface area contributed by atoms with Crippen LogP contribution in [0, 0.1) is 5.41 Å². The fourth-order valence-corrected chi connectivity index (χ4v) is 2.02. The quantitative estimate of drug-likeness (QED) is 0.675. The molecule has 0 aromatic heterocycles. The van der Waals surface area contributed by atoms with E-state index in [0.717, 1.165) is 32.2 Å². The first kappa shape index (κ1) is 12.5. The summed E-state index contributed by atoms with van der Waals surface area (Å²) in [5, 5.41) is 3.22. The van der Waals surface area contributed by atoms with Crippen LogP contribution in [0.1, 0.15) is 32.6 Å². The van der Waals surface area contributed by atoms with Crippen molar-refractivity contribution in [2.24, 2.45) is 11.1 Å². The second-order valence-corrected chi connectivity index (χ2v) is 4.75. The molecule has 88 valence electrons. The standard InChI is InChI=1S/C11H22N2O2/c1-11(8-12)5-3-9(4-6-11)13-7-10(14)15-2/h9,13H,3-8,12H2,1-2H3. The molecule has 1 rings (SSSR count). The first-order chi connectivity index (χ1) is 7.09. The minimum absolute atomic E-state index is 0.192. The Hall–Kier alpha value is -0.610. The third-order valence-electron chi connectivity index (χ3n) is 3.45. The topological polar surface area (TPSA) is 64.3 Å². The third kappa shape index (κ3) is 3.80. The monoisotopic (exact) mass is 214 g/mol. The molecule has 1 aliphatic rings. The van der Waals surface area contributed by atoms with Crippen LogP contribution in [0.4, 0.5) is 0 Å². The summed E-state index contributed by atoms with van der Waals surface area (Å²) in [4.78, 5) is 10.9. The predicted octanol–water partition coefficient (Wildman–Crippen LogP) is 0.657. The predicted molar refractivity (Wildman–Crippen MR) is 59.4 cm³/mol. The molecule has 0 saturated heterocycles. The Morgan fingerprint density at radius 2 is 2.13 bits per heavy atom. The van der Waals surface area contributed by atoms with Crippen LogP contribution in [0.15, 0.2) is 0 Å². The molecule has 0 radical (unpaired) electrons. The van der Waals surface area contributed by atoms with E-state index in [0.29, 0.717) is 18.0 Å². The van der Waals surface area contributed by atoms with Gasteiger partial charge in [0, 0.05) is 6.04 Å². The molecule has 1 saturated carbocycles. The number of rotatable bonds is 4. The van der Waals surface area contributed by atoms with Gasteiger partial charge in [0.25, 0.3) is 0 Å². The van der Waals surface area contributed by atoms with Crippen molar-refractivity contribution in [2.45, 2.75) is 38.6 Å². The Morgan fingerprint density at radius 3 is 2.60 bits per heavy atom. The molecule has 0 bridgehead atoms. The van der Waals surface area contributed by atoms with E-state index in [-0.39, 0.29) is 5.97 Å². The van der Waals surface area contributed by atoms with Crippen molar-refractivity contribution in [1.82, 2.24) is 5.32 Å². The maximum absolute atomic E-state index is 10.9. The lowest BCUT2D eigenvalue weighted by atomic mass is 9.74. The molecule has 0 unspecified atom stereocenters. The molecule has 1 fully saturated rings. The number of ether oxygens (including phenoxy) is 1. The van der Waals surface area contributed by atoms with Gasteiger partial charge >= 0.3 is 5.97 Å². The number of carbonyl (C=O) groups is 1. The number of nitrogens with two attached hydrogens (primary N) is 1. The maximum atomic E-state index is 10.9. The number of hydrogen-bond donors (Lipinski definition) is 2. The van der Waals surface area contributed by atoms with Crippen LogP contribution in [0.3, 0.4) is 0 Å². The zero-order valence-corrected chi connectivity index (χ0v) is 9.71. The fraction of sp³-hybridized carbons (Fsp3) is 0.909. The summed E-state index contributed by atoms with van der Waals surface area (Å²) in [5.41, 5.74) is 6.04. The summed E-state index contributed by atoms with van der Waals surface area (Å²) >= 11 is 0. The second kappa shape index (κ2) is 5.47. The van der Waals surface area contributed by atoms with Gasteiger partial charge in [0.1, 0.15) is 0 Å². The lowest BCUT2D eigenvalue weighted by Crippen LogP contribution is -2.41. The normalized spacial score (nSPS) is 31.3. The van der Waals surface area contributed by atoms with Crippen LogP contribution >= 0.6 is 0 Å². The average molecular weight is 214 g/mol. The lowest BCUT2D eigenvalue weighted by Gasteiger charge is -2.36. The summed E-state index contributed by atoms with van der Waals surface area (Å²) < 4.78 is 4.58. The molecule has 4 heteroatoms. The molecular formula is C11H22N2O2. The Kier molecular flexibility index (Phi) is 4.54. The summed E-state index contributed by atoms with van der Waals surface area (Å²) in [6, 6.07) is 0.448. The Bertz CT molecular complexity index is 211. The van der Waals surface area contributed by atoms with Gasteiger partial charge in [-0.3, -0.25) is 4.79 Å². The molecule has 0 aromatic carbocycles. The van der Waals surface area contributed by atoms with Crippen molar-refractivity contribution in [3.63, 3.8) is 0 Å². The van der Waals surface area contributed by atoms with Gasteiger partial charge in [-0.2, -0.15) is 0 Å². The summed E-state index contributed by atoms with van der Waals surface area (Å²) in [6.07, 6.45) is 4.49. The molecule has 0 spiro atoms. The zero-order valence-electron chi connectivity index (χ0n) is 9.71. The van der Waals surface area contributed by atoms with Gasteiger partial charge in [0.05, 0.1) is 13.7 Å². The van der Waals surface area contributed by atoms with E-state index in [2.05, 4.69) is 17.0 Å². The van der Waals surface area contributed by atoms with E-state index in [1.165, 1.54) is 7.11 Å². The van der Waals surface area contributed by atoms with Crippen molar-refractivity contribution in [1.29, 1.82) is 0 Å². The first-order valence-electron chi connectivity index (χ1n) is 5.60. The van der Waals surface area contributed by atoms with Gasteiger partial charge in [-0.1, -0.05) is 6.92 Å². The van der Waals surface area contributed by atoms with E-state index in [1.54, 1.807) is 0 Å².